The van der Waals surface area contributed by atoms with E-state index >= 15 is 0 Å². The number of hydrogen-bond donors (Lipinski definition) is 0. The lowest BCUT2D eigenvalue weighted by molar-refractivity contribution is 0.0582. The van der Waals surface area contributed by atoms with Gasteiger partial charge in [-0.3, -0.25) is 5.01 Å². The molecule has 0 aromatic carbocycles. The van der Waals surface area contributed by atoms with E-state index in [-0.39, 0.29) is 0 Å². The van der Waals surface area contributed by atoms with Crippen molar-refractivity contribution in [1.29, 1.82) is 0 Å². The number of hydrazine groups is 1. The van der Waals surface area contributed by atoms with Crippen molar-refractivity contribution < 1.29 is 0 Å². The van der Waals surface area contributed by atoms with Crippen LogP contribution in [0.25, 0.3) is 0 Å². The Labute approximate surface area is 93.2 Å². The molecule has 0 saturated carbocycles. The minimum atomic E-state index is 0.380. The lowest BCUT2D eigenvalue weighted by Crippen LogP contribution is -2.34. The van der Waals surface area contributed by atoms with Crippen molar-refractivity contribution in [3.63, 3.8) is 0 Å². The zero-order valence-electron chi connectivity index (χ0n) is 8.52. The van der Waals surface area contributed by atoms with E-state index in [2.05, 4.69) is 54.0 Å². The highest BCUT2D eigenvalue weighted by molar-refractivity contribution is 8.01. The summed E-state index contributed by atoms with van der Waals surface area (Å²) in [7, 11) is 4.13. The number of thioether (sulfide) groups is 1. The van der Waals surface area contributed by atoms with E-state index in [1.807, 2.05) is 0 Å². The third kappa shape index (κ3) is 1.69. The van der Waals surface area contributed by atoms with Crippen LogP contribution >= 0.6 is 23.1 Å². The van der Waals surface area contributed by atoms with Crippen LogP contribution in [0.3, 0.4) is 0 Å². The lowest BCUT2D eigenvalue weighted by Gasteiger charge is -2.32. The summed E-state index contributed by atoms with van der Waals surface area (Å²) in [6.45, 7) is 2.10. The van der Waals surface area contributed by atoms with Gasteiger partial charge < -0.3 is 0 Å². The SMILES string of the molecule is CC1=[C]SC(c2cccs2)N1N(C)C. The molecule has 0 N–H and O–H groups in total. The molecule has 1 aromatic rings. The molecule has 4 heteroatoms. The maximum absolute atomic E-state index is 3.31. The van der Waals surface area contributed by atoms with Crippen molar-refractivity contribution in [3.8, 4) is 0 Å². The van der Waals surface area contributed by atoms with E-state index in [4.69, 9.17) is 0 Å². The van der Waals surface area contributed by atoms with Gasteiger partial charge in [-0.05, 0) is 18.4 Å². The molecule has 1 unspecified atom stereocenters. The Kier molecular flexibility index (Phi) is 2.85. The smallest absolute Gasteiger partial charge is 0.129 e. The van der Waals surface area contributed by atoms with Crippen LogP contribution in [0, 0.1) is 5.41 Å². The highest BCUT2D eigenvalue weighted by Crippen LogP contribution is 2.43. The molecular formula is C10H13N2S2. The Morgan fingerprint density at radius 2 is 2.29 bits per heavy atom. The number of rotatable bonds is 2. The van der Waals surface area contributed by atoms with Crippen LogP contribution in [0.1, 0.15) is 17.2 Å². The van der Waals surface area contributed by atoms with Gasteiger partial charge in [0.1, 0.15) is 5.37 Å². The van der Waals surface area contributed by atoms with Gasteiger partial charge >= 0.3 is 0 Å². The Hall–Kier alpha value is -0.450. The number of allylic oxidation sites excluding steroid dienone is 1. The first kappa shape index (κ1) is 10.1. The third-order valence-electron chi connectivity index (χ3n) is 2.10. The summed E-state index contributed by atoms with van der Waals surface area (Å²) in [4.78, 5) is 1.38. The van der Waals surface area contributed by atoms with Gasteiger partial charge in [0.05, 0.1) is 0 Å². The van der Waals surface area contributed by atoms with Gasteiger partial charge in [-0.25, -0.2) is 5.01 Å². The molecule has 1 aliphatic heterocycles. The van der Waals surface area contributed by atoms with Crippen LogP contribution in [0.2, 0.25) is 0 Å². The molecule has 0 amide bonds. The van der Waals surface area contributed by atoms with Gasteiger partial charge in [0.25, 0.3) is 0 Å². The maximum atomic E-state index is 3.31. The number of nitrogens with zero attached hydrogens (tertiary/aromatic N) is 2. The van der Waals surface area contributed by atoms with Crippen molar-refractivity contribution >= 4 is 23.1 Å². The van der Waals surface area contributed by atoms with Gasteiger partial charge in [0.2, 0.25) is 0 Å². The molecular weight excluding hydrogens is 212 g/mol. The van der Waals surface area contributed by atoms with E-state index in [1.54, 1.807) is 23.1 Å². The van der Waals surface area contributed by atoms with Gasteiger partial charge in [0, 0.05) is 30.1 Å². The quantitative estimate of drug-likeness (QED) is 0.764. The largest absolute Gasteiger partial charge is 0.291 e. The van der Waals surface area contributed by atoms with Gasteiger partial charge in [-0.1, -0.05) is 17.8 Å². The Bertz CT molecular complexity index is 330. The summed E-state index contributed by atoms with van der Waals surface area (Å²) in [5.74, 6) is 0. The standard InChI is InChI=1S/C10H13N2S2/c1-8-7-14-10(12(8)11(2)3)9-5-4-6-13-9/h4-6,10H,1-3H3. The summed E-state index contributed by atoms with van der Waals surface area (Å²) in [5.41, 5.74) is 1.19. The molecule has 0 bridgehead atoms. The topological polar surface area (TPSA) is 6.48 Å². The molecule has 1 atom stereocenters. The fraction of sp³-hybridized carbons (Fsp3) is 0.400. The zero-order chi connectivity index (χ0) is 10.1. The van der Waals surface area contributed by atoms with Crippen molar-refractivity contribution in [2.24, 2.45) is 0 Å². The minimum Gasteiger partial charge on any atom is -0.291 e. The average Bonchev–Trinajstić information content (AvgIpc) is 2.70. The Morgan fingerprint density at radius 1 is 1.50 bits per heavy atom. The van der Waals surface area contributed by atoms with Crippen molar-refractivity contribution in [3.05, 3.63) is 33.5 Å². The predicted molar refractivity (Wildman–Crippen MR) is 62.6 cm³/mol. The molecule has 1 aliphatic rings. The Balaban J connectivity index is 2.23. The van der Waals surface area contributed by atoms with Crippen LogP contribution in [-0.4, -0.2) is 24.1 Å². The number of thiophene rings is 1. The van der Waals surface area contributed by atoms with E-state index in [9.17, 15) is 0 Å². The molecule has 2 rings (SSSR count). The molecule has 0 fully saturated rings. The third-order valence-corrected chi connectivity index (χ3v) is 4.27. The van der Waals surface area contributed by atoms with E-state index in [0.29, 0.717) is 5.37 Å². The molecule has 0 aliphatic carbocycles. The van der Waals surface area contributed by atoms with Gasteiger partial charge in [0.15, 0.2) is 0 Å². The molecule has 14 heavy (non-hydrogen) atoms. The second-order valence-electron chi connectivity index (χ2n) is 3.36. The monoisotopic (exact) mass is 225 g/mol. The van der Waals surface area contributed by atoms with Crippen molar-refractivity contribution in [2.45, 2.75) is 12.3 Å². The number of hydrogen-bond acceptors (Lipinski definition) is 4. The first-order valence-electron chi connectivity index (χ1n) is 4.45. The summed E-state index contributed by atoms with van der Waals surface area (Å²) >= 11 is 3.55. The average molecular weight is 225 g/mol. The molecule has 1 aromatic heterocycles. The van der Waals surface area contributed by atoms with E-state index < -0.39 is 0 Å². The summed E-state index contributed by atoms with van der Waals surface area (Å²) in [6, 6.07) is 4.28. The second kappa shape index (κ2) is 3.96. The Morgan fingerprint density at radius 3 is 2.86 bits per heavy atom. The first-order chi connectivity index (χ1) is 6.70. The van der Waals surface area contributed by atoms with Crippen molar-refractivity contribution in [1.82, 2.24) is 10.0 Å². The molecule has 0 spiro atoms. The summed E-state index contributed by atoms with van der Waals surface area (Å²) in [6.07, 6.45) is 0. The van der Waals surface area contributed by atoms with Crippen LogP contribution in [-0.2, 0) is 0 Å². The summed E-state index contributed by atoms with van der Waals surface area (Å²) < 4.78 is 0. The normalized spacial score (nSPS) is 21.9. The fourth-order valence-corrected chi connectivity index (χ4v) is 3.55. The second-order valence-corrected chi connectivity index (χ2v) is 5.23. The van der Waals surface area contributed by atoms with Crippen molar-refractivity contribution in [2.75, 3.05) is 14.1 Å². The predicted octanol–water partition coefficient (Wildman–Crippen LogP) is 2.94. The lowest BCUT2D eigenvalue weighted by atomic mass is 10.4. The van der Waals surface area contributed by atoms with E-state index in [1.165, 1.54) is 10.6 Å². The molecule has 75 valence electrons. The molecule has 2 nitrogen and oxygen atoms in total. The first-order valence-corrected chi connectivity index (χ1v) is 6.21. The van der Waals surface area contributed by atoms with Crippen LogP contribution < -0.4 is 0 Å². The minimum absolute atomic E-state index is 0.380. The zero-order valence-corrected chi connectivity index (χ0v) is 10.2. The molecule has 0 saturated heterocycles. The maximum Gasteiger partial charge on any atom is 0.129 e. The molecule has 1 radical (unpaired) electrons. The van der Waals surface area contributed by atoms with Crippen LogP contribution in [0.5, 0.6) is 0 Å². The highest BCUT2D eigenvalue weighted by atomic mass is 32.2. The van der Waals surface area contributed by atoms with Crippen LogP contribution in [0.4, 0.5) is 0 Å². The van der Waals surface area contributed by atoms with E-state index in [0.717, 1.165) is 0 Å². The summed E-state index contributed by atoms with van der Waals surface area (Å²) in [5, 5.41) is 10.2. The highest BCUT2D eigenvalue weighted by Gasteiger charge is 2.28. The van der Waals surface area contributed by atoms with Gasteiger partial charge in [-0.2, -0.15) is 0 Å². The fourth-order valence-electron chi connectivity index (χ4n) is 1.53. The molecule has 2 heterocycles. The van der Waals surface area contributed by atoms with Gasteiger partial charge in [-0.15, -0.1) is 11.3 Å². The van der Waals surface area contributed by atoms with Crippen LogP contribution in [0.15, 0.2) is 23.2 Å².